The Labute approximate surface area is 68.8 Å². The molecule has 1 aromatic carbocycles. The van der Waals surface area contributed by atoms with Crippen molar-refractivity contribution in [1.82, 2.24) is 0 Å². The summed E-state index contributed by atoms with van der Waals surface area (Å²) in [6, 6.07) is 5.27. The number of fused-ring (bicyclic) bond motifs is 1. The van der Waals surface area contributed by atoms with Crippen molar-refractivity contribution in [3.63, 3.8) is 0 Å². The van der Waals surface area contributed by atoms with E-state index < -0.39 is 0 Å². The fourth-order valence-electron chi connectivity index (χ4n) is 1.08. The summed E-state index contributed by atoms with van der Waals surface area (Å²) in [5.41, 5.74) is 0.532. The van der Waals surface area contributed by atoms with Crippen LogP contribution >= 0.6 is 0 Å². The number of carbonyl (C=O) groups is 1. The molecule has 0 N–H and O–H groups in total. The van der Waals surface area contributed by atoms with Crippen LogP contribution < -0.4 is 10.6 Å². The number of hydrogen-bond donors (Lipinski definition) is 0. The molecule has 0 atom stereocenters. The van der Waals surface area contributed by atoms with Crippen molar-refractivity contribution < 1.29 is 4.79 Å². The molecule has 0 bridgehead atoms. The monoisotopic (exact) mass is 158 g/mol. The summed E-state index contributed by atoms with van der Waals surface area (Å²) < 4.78 is 0. The van der Waals surface area contributed by atoms with Gasteiger partial charge in [0.25, 0.3) is 5.91 Å². The van der Waals surface area contributed by atoms with Gasteiger partial charge in [0, 0.05) is 0 Å². The second-order valence-electron chi connectivity index (χ2n) is 2.53. The van der Waals surface area contributed by atoms with Crippen molar-refractivity contribution in [2.45, 2.75) is 0 Å². The van der Waals surface area contributed by atoms with Crippen LogP contribution in [0.5, 0.6) is 0 Å². The molecule has 1 heterocycles. The lowest BCUT2D eigenvalue weighted by Crippen LogP contribution is -2.21. The minimum atomic E-state index is -0.245. The number of nitrogens with zero attached hydrogens (tertiary/aromatic N) is 2. The lowest BCUT2D eigenvalue weighted by Gasteiger charge is -1.98. The average Bonchev–Trinajstić information content (AvgIpc) is 2.07. The lowest BCUT2D eigenvalue weighted by molar-refractivity contribution is 0.100. The molecule has 0 fully saturated rings. The quantitative estimate of drug-likeness (QED) is 0.519. The van der Waals surface area contributed by atoms with E-state index in [-0.39, 0.29) is 5.91 Å². The van der Waals surface area contributed by atoms with E-state index in [0.29, 0.717) is 10.9 Å². The van der Waals surface area contributed by atoms with Crippen LogP contribution in [-0.2, 0) is 0 Å². The fourth-order valence-corrected chi connectivity index (χ4v) is 1.08. The molecule has 1 amide bonds. The van der Waals surface area contributed by atoms with Crippen molar-refractivity contribution in [1.29, 1.82) is 0 Å². The summed E-state index contributed by atoms with van der Waals surface area (Å²) in [6.45, 7) is 3.72. The molecular weight excluding hydrogens is 152 g/mol. The van der Waals surface area contributed by atoms with E-state index in [2.05, 4.69) is 16.6 Å². The molecule has 0 saturated carbocycles. The van der Waals surface area contributed by atoms with Crippen LogP contribution in [0.2, 0.25) is 0 Å². The molecule has 0 aromatic heterocycles. The first-order valence-corrected chi connectivity index (χ1v) is 3.51. The number of hydrogen-bond acceptors (Lipinski definition) is 2. The summed E-state index contributed by atoms with van der Waals surface area (Å²) in [7, 11) is 0. The number of amides is 1. The van der Waals surface area contributed by atoms with Crippen LogP contribution in [0.3, 0.4) is 0 Å². The normalized spacial score (nSPS) is 13.8. The van der Waals surface area contributed by atoms with Gasteiger partial charge in [0.2, 0.25) is 0 Å². The van der Waals surface area contributed by atoms with E-state index in [9.17, 15) is 4.79 Å². The standard InChI is InChI=1S/C9H6N2O/c1-6-2-3-8-7(4-6)9(12)11-5-10-8/h2-5H,1H2. The van der Waals surface area contributed by atoms with Crippen molar-refractivity contribution in [2.24, 2.45) is 9.98 Å². The van der Waals surface area contributed by atoms with Crippen LogP contribution in [0.25, 0.3) is 6.58 Å². The second kappa shape index (κ2) is 2.37. The van der Waals surface area contributed by atoms with Gasteiger partial charge in [-0.3, -0.25) is 4.79 Å². The highest BCUT2D eigenvalue weighted by Crippen LogP contribution is 1.93. The summed E-state index contributed by atoms with van der Waals surface area (Å²) in [5, 5.41) is 1.47. The van der Waals surface area contributed by atoms with E-state index in [0.717, 1.165) is 5.22 Å². The van der Waals surface area contributed by atoms with Crippen LogP contribution in [0.1, 0.15) is 10.4 Å². The Morgan fingerprint density at radius 2 is 2.17 bits per heavy atom. The summed E-state index contributed by atoms with van der Waals surface area (Å²) in [6.07, 6.45) is 1.27. The molecule has 0 spiro atoms. The smallest absolute Gasteiger partial charge is 0.267 e. The van der Waals surface area contributed by atoms with E-state index in [4.69, 9.17) is 0 Å². The zero-order valence-electron chi connectivity index (χ0n) is 6.32. The molecule has 1 aliphatic heterocycles. The van der Waals surface area contributed by atoms with Crippen molar-refractivity contribution in [3.05, 3.63) is 34.3 Å². The predicted molar refractivity (Wildman–Crippen MR) is 45.6 cm³/mol. The molecule has 1 aliphatic rings. The van der Waals surface area contributed by atoms with Gasteiger partial charge in [0.15, 0.2) is 0 Å². The van der Waals surface area contributed by atoms with Crippen LogP contribution in [0.4, 0.5) is 0 Å². The highest BCUT2D eigenvalue weighted by atomic mass is 16.1. The molecule has 0 unspecified atom stereocenters. The van der Waals surface area contributed by atoms with Gasteiger partial charge in [-0.25, -0.2) is 4.99 Å². The first kappa shape index (κ1) is 6.91. The Kier molecular flexibility index (Phi) is 1.37. The Balaban J connectivity index is 2.85. The lowest BCUT2D eigenvalue weighted by atomic mass is 10.1. The number of aliphatic imine (C=N–C) groups is 1. The molecule has 3 heteroatoms. The molecule has 58 valence electrons. The van der Waals surface area contributed by atoms with Gasteiger partial charge in [0.05, 0.1) is 10.9 Å². The molecule has 0 saturated heterocycles. The molecular formula is C9H6N2O. The Morgan fingerprint density at radius 1 is 1.33 bits per heavy atom. The highest BCUT2D eigenvalue weighted by molar-refractivity contribution is 6.00. The summed E-state index contributed by atoms with van der Waals surface area (Å²) in [4.78, 5) is 18.7. The number of rotatable bonds is 0. The van der Waals surface area contributed by atoms with Crippen LogP contribution in [0, 0.1) is 0 Å². The van der Waals surface area contributed by atoms with Gasteiger partial charge in [0.1, 0.15) is 6.34 Å². The third kappa shape index (κ3) is 0.955. The first-order chi connectivity index (χ1) is 5.77. The third-order valence-corrected chi connectivity index (χ3v) is 1.66. The van der Waals surface area contributed by atoms with Crippen LogP contribution in [0.15, 0.2) is 28.2 Å². The van der Waals surface area contributed by atoms with Gasteiger partial charge < -0.3 is 0 Å². The average molecular weight is 158 g/mol. The largest absolute Gasteiger partial charge is 0.280 e. The van der Waals surface area contributed by atoms with Gasteiger partial charge in [-0.15, -0.1) is 0 Å². The SMILES string of the molecule is C=c1ccc2c(c1)C(=O)N=CN=2. The topological polar surface area (TPSA) is 41.8 Å². The van der Waals surface area contributed by atoms with E-state index in [1.807, 2.05) is 6.07 Å². The van der Waals surface area contributed by atoms with Gasteiger partial charge in [-0.2, -0.15) is 4.99 Å². The molecule has 0 radical (unpaired) electrons. The Hall–Kier alpha value is -1.77. The zero-order chi connectivity index (χ0) is 8.55. The maximum absolute atomic E-state index is 11.2. The Morgan fingerprint density at radius 3 is 3.00 bits per heavy atom. The third-order valence-electron chi connectivity index (χ3n) is 1.66. The minimum Gasteiger partial charge on any atom is -0.267 e. The van der Waals surface area contributed by atoms with Crippen molar-refractivity contribution >= 4 is 18.8 Å². The van der Waals surface area contributed by atoms with E-state index >= 15 is 0 Å². The molecule has 1 aromatic rings. The van der Waals surface area contributed by atoms with Gasteiger partial charge >= 0.3 is 0 Å². The Bertz CT molecular complexity index is 474. The van der Waals surface area contributed by atoms with E-state index in [1.165, 1.54) is 6.34 Å². The van der Waals surface area contributed by atoms with Crippen molar-refractivity contribution in [3.8, 4) is 0 Å². The molecule has 2 rings (SSSR count). The number of carbonyl (C=O) groups excluding carboxylic acids is 1. The summed E-state index contributed by atoms with van der Waals surface area (Å²) >= 11 is 0. The zero-order valence-corrected chi connectivity index (χ0v) is 6.32. The fraction of sp³-hybridized carbons (Fsp3) is 0. The van der Waals surface area contributed by atoms with Crippen LogP contribution in [-0.4, -0.2) is 12.2 Å². The molecule has 12 heavy (non-hydrogen) atoms. The van der Waals surface area contributed by atoms with Gasteiger partial charge in [-0.05, 0) is 17.4 Å². The minimum absolute atomic E-state index is 0.245. The second-order valence-corrected chi connectivity index (χ2v) is 2.53. The summed E-state index contributed by atoms with van der Waals surface area (Å²) in [5.74, 6) is -0.245. The van der Waals surface area contributed by atoms with Gasteiger partial charge in [-0.1, -0.05) is 12.6 Å². The first-order valence-electron chi connectivity index (χ1n) is 3.51. The highest BCUT2D eigenvalue weighted by Gasteiger charge is 2.07. The number of benzene rings is 1. The predicted octanol–water partition coefficient (Wildman–Crippen LogP) is -0.101. The van der Waals surface area contributed by atoms with E-state index in [1.54, 1.807) is 12.1 Å². The molecule has 3 nitrogen and oxygen atoms in total. The maximum atomic E-state index is 11.2. The van der Waals surface area contributed by atoms with Crippen molar-refractivity contribution in [2.75, 3.05) is 0 Å². The molecule has 0 aliphatic carbocycles. The maximum Gasteiger partial charge on any atom is 0.280 e.